The van der Waals surface area contributed by atoms with Crippen LogP contribution in [0, 0.1) is 0 Å². The molecule has 5 rings (SSSR count). The molecule has 0 saturated carbocycles. The van der Waals surface area contributed by atoms with Crippen LogP contribution in [0.4, 0.5) is 13.2 Å². The van der Waals surface area contributed by atoms with Crippen LogP contribution < -0.4 is 0 Å². The highest BCUT2D eigenvalue weighted by atomic mass is 35.5. The minimum Gasteiger partial charge on any atom is -0.353 e. The van der Waals surface area contributed by atoms with E-state index in [2.05, 4.69) is 9.97 Å². The molecule has 3 aromatic carbocycles. The van der Waals surface area contributed by atoms with E-state index in [1.54, 1.807) is 12.1 Å². The molecular formula is C22H12ClF3N2. The second-order valence-electron chi connectivity index (χ2n) is 6.62. The van der Waals surface area contributed by atoms with Gasteiger partial charge in [0.1, 0.15) is 0 Å². The van der Waals surface area contributed by atoms with Crippen molar-refractivity contribution in [2.45, 2.75) is 6.18 Å². The maximum Gasteiger partial charge on any atom is 0.416 e. The van der Waals surface area contributed by atoms with Crippen LogP contribution in [0.5, 0.6) is 0 Å². The van der Waals surface area contributed by atoms with Crippen LogP contribution in [-0.2, 0) is 6.18 Å². The molecule has 138 valence electrons. The lowest BCUT2D eigenvalue weighted by atomic mass is 10.0. The number of para-hydroxylation sites is 1. The lowest BCUT2D eigenvalue weighted by Gasteiger charge is -2.11. The van der Waals surface area contributed by atoms with Crippen LogP contribution in [-0.4, -0.2) is 9.97 Å². The Hall–Kier alpha value is -3.05. The Morgan fingerprint density at radius 2 is 1.61 bits per heavy atom. The maximum absolute atomic E-state index is 13.2. The van der Waals surface area contributed by atoms with Crippen molar-refractivity contribution in [1.82, 2.24) is 9.97 Å². The predicted molar refractivity (Wildman–Crippen MR) is 107 cm³/mol. The first-order chi connectivity index (χ1) is 13.4. The van der Waals surface area contributed by atoms with Crippen LogP contribution >= 0.6 is 11.6 Å². The minimum absolute atomic E-state index is 0.303. The van der Waals surface area contributed by atoms with Gasteiger partial charge < -0.3 is 4.98 Å². The molecular weight excluding hydrogens is 385 g/mol. The number of aromatic amines is 1. The van der Waals surface area contributed by atoms with Gasteiger partial charge in [-0.2, -0.15) is 13.2 Å². The van der Waals surface area contributed by atoms with Gasteiger partial charge >= 0.3 is 6.18 Å². The van der Waals surface area contributed by atoms with Crippen molar-refractivity contribution in [1.29, 1.82) is 0 Å². The topological polar surface area (TPSA) is 28.7 Å². The molecule has 0 aliphatic heterocycles. The van der Waals surface area contributed by atoms with E-state index in [-0.39, 0.29) is 0 Å². The standard InChI is InChI=1S/C22H12ClF3N2/c23-14-8-5-12(6-9-14)20-21-19(15-3-1-2-4-17(15)27-21)16-10-7-13(22(24,25)26)11-18(16)28-20/h1-11,27H. The summed E-state index contributed by atoms with van der Waals surface area (Å²) in [5, 5.41) is 3.06. The van der Waals surface area contributed by atoms with Gasteiger partial charge in [-0.3, -0.25) is 0 Å². The smallest absolute Gasteiger partial charge is 0.353 e. The van der Waals surface area contributed by atoms with Gasteiger partial charge in [0, 0.05) is 32.3 Å². The summed E-state index contributed by atoms with van der Waals surface area (Å²) in [6.07, 6.45) is -4.43. The lowest BCUT2D eigenvalue weighted by Crippen LogP contribution is -2.04. The van der Waals surface area contributed by atoms with Crippen molar-refractivity contribution in [3.63, 3.8) is 0 Å². The van der Waals surface area contributed by atoms with E-state index in [0.717, 1.165) is 39.5 Å². The van der Waals surface area contributed by atoms with Crippen LogP contribution in [0.2, 0.25) is 5.02 Å². The molecule has 28 heavy (non-hydrogen) atoms. The Morgan fingerprint density at radius 3 is 2.36 bits per heavy atom. The molecule has 0 unspecified atom stereocenters. The van der Waals surface area contributed by atoms with Crippen molar-refractivity contribution in [3.8, 4) is 11.3 Å². The second kappa shape index (κ2) is 5.97. The molecule has 2 heterocycles. The number of aromatic nitrogens is 2. The summed E-state index contributed by atoms with van der Waals surface area (Å²) in [6, 6.07) is 18.5. The van der Waals surface area contributed by atoms with Crippen molar-refractivity contribution in [3.05, 3.63) is 77.3 Å². The third kappa shape index (κ3) is 2.62. The molecule has 0 aliphatic carbocycles. The number of halogens is 4. The number of pyridine rings is 1. The molecule has 0 bridgehead atoms. The van der Waals surface area contributed by atoms with Gasteiger partial charge in [0.25, 0.3) is 0 Å². The van der Waals surface area contributed by atoms with Gasteiger partial charge in [-0.05, 0) is 30.3 Å². The number of nitrogens with zero attached hydrogens (tertiary/aromatic N) is 1. The number of H-pyrrole nitrogens is 1. The van der Waals surface area contributed by atoms with E-state index in [1.807, 2.05) is 36.4 Å². The average molecular weight is 397 g/mol. The van der Waals surface area contributed by atoms with E-state index in [1.165, 1.54) is 6.07 Å². The SMILES string of the molecule is FC(F)(F)c1ccc2c(c1)nc(-c1ccc(Cl)cc1)c1[nH]c3ccccc3c12. The zero-order valence-corrected chi connectivity index (χ0v) is 15.1. The molecule has 1 N–H and O–H groups in total. The summed E-state index contributed by atoms with van der Waals surface area (Å²) in [6.45, 7) is 0. The zero-order valence-electron chi connectivity index (χ0n) is 14.3. The van der Waals surface area contributed by atoms with E-state index < -0.39 is 11.7 Å². The van der Waals surface area contributed by atoms with E-state index in [4.69, 9.17) is 11.6 Å². The zero-order chi connectivity index (χ0) is 19.5. The molecule has 0 fully saturated rings. The largest absolute Gasteiger partial charge is 0.416 e. The van der Waals surface area contributed by atoms with Gasteiger partial charge in [-0.15, -0.1) is 0 Å². The van der Waals surface area contributed by atoms with Gasteiger partial charge in [0.05, 0.1) is 22.3 Å². The van der Waals surface area contributed by atoms with E-state index in [9.17, 15) is 13.2 Å². The summed E-state index contributed by atoms with van der Waals surface area (Å²) in [7, 11) is 0. The third-order valence-electron chi connectivity index (χ3n) is 4.89. The van der Waals surface area contributed by atoms with Crippen molar-refractivity contribution >= 4 is 44.3 Å². The molecule has 2 nitrogen and oxygen atoms in total. The highest BCUT2D eigenvalue weighted by molar-refractivity contribution is 6.30. The Kier molecular flexibility index (Phi) is 3.64. The molecule has 0 spiro atoms. The van der Waals surface area contributed by atoms with Gasteiger partial charge in [-0.25, -0.2) is 4.98 Å². The van der Waals surface area contributed by atoms with Crippen LogP contribution in [0.1, 0.15) is 5.56 Å². The first kappa shape index (κ1) is 17.1. The van der Waals surface area contributed by atoms with Crippen LogP contribution in [0.15, 0.2) is 66.7 Å². The monoisotopic (exact) mass is 396 g/mol. The number of hydrogen-bond donors (Lipinski definition) is 1. The van der Waals surface area contributed by atoms with Crippen LogP contribution in [0.3, 0.4) is 0 Å². The van der Waals surface area contributed by atoms with Crippen LogP contribution in [0.25, 0.3) is 44.0 Å². The fraction of sp³-hybridized carbons (Fsp3) is 0.0455. The average Bonchev–Trinajstić information content (AvgIpc) is 3.07. The lowest BCUT2D eigenvalue weighted by molar-refractivity contribution is -0.137. The first-order valence-corrected chi connectivity index (χ1v) is 8.97. The second-order valence-corrected chi connectivity index (χ2v) is 7.05. The minimum atomic E-state index is -4.43. The van der Waals surface area contributed by atoms with Crippen molar-refractivity contribution in [2.24, 2.45) is 0 Å². The number of nitrogens with one attached hydrogen (secondary N) is 1. The molecule has 0 atom stereocenters. The number of alkyl halides is 3. The Balaban J connectivity index is 1.95. The predicted octanol–water partition coefficient (Wildman–Crippen LogP) is 7.21. The molecule has 6 heteroatoms. The molecule has 2 aromatic heterocycles. The van der Waals surface area contributed by atoms with Gasteiger partial charge in [0.2, 0.25) is 0 Å². The van der Waals surface area contributed by atoms with E-state index >= 15 is 0 Å². The highest BCUT2D eigenvalue weighted by Gasteiger charge is 2.31. The van der Waals surface area contributed by atoms with Crippen molar-refractivity contribution in [2.75, 3.05) is 0 Å². The fourth-order valence-electron chi connectivity index (χ4n) is 3.60. The van der Waals surface area contributed by atoms with Gasteiger partial charge in [-0.1, -0.05) is 48.0 Å². The number of hydrogen-bond acceptors (Lipinski definition) is 1. The summed E-state index contributed by atoms with van der Waals surface area (Å²) in [4.78, 5) is 7.98. The van der Waals surface area contributed by atoms with E-state index in [0.29, 0.717) is 21.6 Å². The third-order valence-corrected chi connectivity index (χ3v) is 5.14. The number of fused-ring (bicyclic) bond motifs is 5. The van der Waals surface area contributed by atoms with Gasteiger partial charge in [0.15, 0.2) is 0 Å². The Bertz CT molecular complexity index is 1350. The molecule has 0 aliphatic rings. The number of rotatable bonds is 1. The highest BCUT2D eigenvalue weighted by Crippen LogP contribution is 2.39. The number of benzene rings is 3. The quantitative estimate of drug-likeness (QED) is 0.318. The summed E-state index contributed by atoms with van der Waals surface area (Å²) in [5.74, 6) is 0. The summed E-state index contributed by atoms with van der Waals surface area (Å²) >= 11 is 5.99. The summed E-state index contributed by atoms with van der Waals surface area (Å²) in [5.41, 5.74) is 2.65. The Morgan fingerprint density at radius 1 is 0.857 bits per heavy atom. The summed E-state index contributed by atoms with van der Waals surface area (Å²) < 4.78 is 39.7. The normalized spacial score (nSPS) is 12.3. The molecule has 0 radical (unpaired) electrons. The molecule has 0 amide bonds. The fourth-order valence-corrected chi connectivity index (χ4v) is 3.73. The Labute approximate surface area is 162 Å². The first-order valence-electron chi connectivity index (χ1n) is 8.59. The van der Waals surface area contributed by atoms with Crippen molar-refractivity contribution < 1.29 is 13.2 Å². The maximum atomic E-state index is 13.2. The molecule has 0 saturated heterocycles. The molecule has 5 aromatic rings.